The molecule has 0 bridgehead atoms. The molecule has 0 aromatic heterocycles. The number of phenols is 1. The fourth-order valence-electron chi connectivity index (χ4n) is 1.83. The van der Waals surface area contributed by atoms with E-state index in [9.17, 15) is 9.90 Å². The van der Waals surface area contributed by atoms with Crippen molar-refractivity contribution in [3.63, 3.8) is 0 Å². The van der Waals surface area contributed by atoms with Crippen molar-refractivity contribution in [1.82, 2.24) is 5.32 Å². The SMILES string of the molecule is O=C(NCc1cccc(O)c1)C1CC=CC1. The number of hydrogen-bond acceptors (Lipinski definition) is 2. The van der Waals surface area contributed by atoms with Gasteiger partial charge in [-0.1, -0.05) is 24.3 Å². The quantitative estimate of drug-likeness (QED) is 0.760. The van der Waals surface area contributed by atoms with Crippen LogP contribution in [0.4, 0.5) is 0 Å². The smallest absolute Gasteiger partial charge is 0.224 e. The first-order valence-electron chi connectivity index (χ1n) is 5.46. The van der Waals surface area contributed by atoms with E-state index in [0.29, 0.717) is 6.54 Å². The number of benzene rings is 1. The van der Waals surface area contributed by atoms with Crippen LogP contribution in [-0.2, 0) is 11.3 Å². The maximum absolute atomic E-state index is 11.7. The van der Waals surface area contributed by atoms with Crippen molar-refractivity contribution in [2.24, 2.45) is 5.92 Å². The van der Waals surface area contributed by atoms with Crippen molar-refractivity contribution in [3.8, 4) is 5.75 Å². The minimum atomic E-state index is 0.0911. The molecule has 0 atom stereocenters. The highest BCUT2D eigenvalue weighted by molar-refractivity contribution is 5.79. The highest BCUT2D eigenvalue weighted by atomic mass is 16.3. The Bertz CT molecular complexity index is 404. The summed E-state index contributed by atoms with van der Waals surface area (Å²) in [7, 11) is 0. The van der Waals surface area contributed by atoms with Crippen molar-refractivity contribution in [2.75, 3.05) is 0 Å². The summed E-state index contributed by atoms with van der Waals surface area (Å²) in [5.74, 6) is 0.417. The molecule has 0 spiro atoms. The van der Waals surface area contributed by atoms with Crippen LogP contribution in [0, 0.1) is 5.92 Å². The van der Waals surface area contributed by atoms with Gasteiger partial charge in [-0.15, -0.1) is 0 Å². The van der Waals surface area contributed by atoms with Crippen molar-refractivity contribution in [1.29, 1.82) is 0 Å². The Morgan fingerprint density at radius 2 is 2.12 bits per heavy atom. The maximum Gasteiger partial charge on any atom is 0.224 e. The molecule has 0 radical (unpaired) electrons. The molecule has 0 aliphatic heterocycles. The van der Waals surface area contributed by atoms with Gasteiger partial charge < -0.3 is 10.4 Å². The molecule has 84 valence electrons. The Balaban J connectivity index is 1.85. The standard InChI is InChI=1S/C13H15NO2/c15-12-7-3-4-10(8-12)9-14-13(16)11-5-1-2-6-11/h1-4,7-8,11,15H,5-6,9H2,(H,14,16). The van der Waals surface area contributed by atoms with Crippen LogP contribution >= 0.6 is 0 Å². The van der Waals surface area contributed by atoms with Gasteiger partial charge in [0.05, 0.1) is 0 Å². The van der Waals surface area contributed by atoms with Crippen LogP contribution in [-0.4, -0.2) is 11.0 Å². The number of carbonyl (C=O) groups is 1. The van der Waals surface area contributed by atoms with Crippen LogP contribution in [0.3, 0.4) is 0 Å². The second-order valence-electron chi connectivity index (χ2n) is 4.03. The van der Waals surface area contributed by atoms with E-state index in [-0.39, 0.29) is 17.6 Å². The second kappa shape index (κ2) is 4.84. The van der Waals surface area contributed by atoms with Crippen molar-refractivity contribution in [3.05, 3.63) is 42.0 Å². The largest absolute Gasteiger partial charge is 0.508 e. The number of phenolic OH excluding ortho intramolecular Hbond substituents is 1. The molecule has 2 N–H and O–H groups in total. The molecule has 0 saturated heterocycles. The first-order valence-corrected chi connectivity index (χ1v) is 5.46. The summed E-state index contributed by atoms with van der Waals surface area (Å²) < 4.78 is 0. The molecule has 1 aliphatic rings. The third-order valence-electron chi connectivity index (χ3n) is 2.76. The third kappa shape index (κ3) is 2.63. The summed E-state index contributed by atoms with van der Waals surface area (Å²) in [6.45, 7) is 0.476. The molecular formula is C13H15NO2. The van der Waals surface area contributed by atoms with E-state index in [2.05, 4.69) is 5.32 Å². The highest BCUT2D eigenvalue weighted by Gasteiger charge is 2.18. The predicted molar refractivity (Wildman–Crippen MR) is 61.8 cm³/mol. The monoisotopic (exact) mass is 217 g/mol. The number of allylic oxidation sites excluding steroid dienone is 2. The third-order valence-corrected chi connectivity index (χ3v) is 2.76. The zero-order chi connectivity index (χ0) is 11.4. The van der Waals surface area contributed by atoms with Crippen molar-refractivity contribution < 1.29 is 9.90 Å². The molecular weight excluding hydrogens is 202 g/mol. The van der Waals surface area contributed by atoms with Crippen LogP contribution in [0.25, 0.3) is 0 Å². The normalized spacial score (nSPS) is 15.2. The summed E-state index contributed by atoms with van der Waals surface area (Å²) >= 11 is 0. The summed E-state index contributed by atoms with van der Waals surface area (Å²) in [6, 6.07) is 6.93. The number of hydrogen-bond donors (Lipinski definition) is 2. The van der Waals surface area contributed by atoms with E-state index >= 15 is 0 Å². The predicted octanol–water partition coefficient (Wildman–Crippen LogP) is 1.97. The van der Waals surface area contributed by atoms with Gasteiger partial charge in [0.1, 0.15) is 5.75 Å². The average molecular weight is 217 g/mol. The van der Waals surface area contributed by atoms with Gasteiger partial charge in [-0.2, -0.15) is 0 Å². The van der Waals surface area contributed by atoms with Crippen molar-refractivity contribution >= 4 is 5.91 Å². The lowest BCUT2D eigenvalue weighted by Crippen LogP contribution is -2.28. The zero-order valence-electron chi connectivity index (χ0n) is 9.02. The fourth-order valence-corrected chi connectivity index (χ4v) is 1.83. The lowest BCUT2D eigenvalue weighted by Gasteiger charge is -2.10. The first kappa shape index (κ1) is 10.7. The Labute approximate surface area is 94.8 Å². The van der Waals surface area contributed by atoms with Gasteiger partial charge >= 0.3 is 0 Å². The lowest BCUT2D eigenvalue weighted by molar-refractivity contribution is -0.124. The van der Waals surface area contributed by atoms with Gasteiger partial charge in [0.2, 0.25) is 5.91 Å². The van der Waals surface area contributed by atoms with E-state index in [1.54, 1.807) is 18.2 Å². The Morgan fingerprint density at radius 3 is 2.81 bits per heavy atom. The molecule has 1 aromatic carbocycles. The number of rotatable bonds is 3. The molecule has 1 aliphatic carbocycles. The summed E-state index contributed by atoms with van der Waals surface area (Å²) in [5, 5.41) is 12.1. The summed E-state index contributed by atoms with van der Waals surface area (Å²) in [5.41, 5.74) is 0.916. The van der Waals surface area contributed by atoms with E-state index in [4.69, 9.17) is 0 Å². The molecule has 0 heterocycles. The van der Waals surface area contributed by atoms with Crippen LogP contribution in [0.5, 0.6) is 5.75 Å². The fraction of sp³-hybridized carbons (Fsp3) is 0.308. The molecule has 0 fully saturated rings. The molecule has 0 saturated carbocycles. The van der Waals surface area contributed by atoms with E-state index in [0.717, 1.165) is 18.4 Å². The molecule has 1 amide bonds. The second-order valence-corrected chi connectivity index (χ2v) is 4.03. The maximum atomic E-state index is 11.7. The van der Waals surface area contributed by atoms with Gasteiger partial charge in [-0.3, -0.25) is 4.79 Å². The molecule has 2 rings (SSSR count). The molecule has 3 heteroatoms. The van der Waals surface area contributed by atoms with Gasteiger partial charge in [-0.05, 0) is 30.5 Å². The zero-order valence-corrected chi connectivity index (χ0v) is 9.02. The Hall–Kier alpha value is -1.77. The molecule has 1 aromatic rings. The van der Waals surface area contributed by atoms with Crippen molar-refractivity contribution in [2.45, 2.75) is 19.4 Å². The minimum Gasteiger partial charge on any atom is -0.508 e. The Morgan fingerprint density at radius 1 is 1.38 bits per heavy atom. The van der Waals surface area contributed by atoms with E-state index in [1.807, 2.05) is 18.2 Å². The van der Waals surface area contributed by atoms with Crippen LogP contribution < -0.4 is 5.32 Å². The van der Waals surface area contributed by atoms with Gasteiger partial charge in [0.15, 0.2) is 0 Å². The summed E-state index contributed by atoms with van der Waals surface area (Å²) in [4.78, 5) is 11.7. The molecule has 16 heavy (non-hydrogen) atoms. The van der Waals surface area contributed by atoms with Crippen LogP contribution in [0.15, 0.2) is 36.4 Å². The topological polar surface area (TPSA) is 49.3 Å². The highest BCUT2D eigenvalue weighted by Crippen LogP contribution is 2.18. The van der Waals surface area contributed by atoms with Crippen LogP contribution in [0.2, 0.25) is 0 Å². The minimum absolute atomic E-state index is 0.0911. The average Bonchev–Trinajstić information content (AvgIpc) is 2.79. The summed E-state index contributed by atoms with van der Waals surface area (Å²) in [6.07, 6.45) is 5.76. The number of carbonyl (C=O) groups excluding carboxylic acids is 1. The molecule has 3 nitrogen and oxygen atoms in total. The van der Waals surface area contributed by atoms with Crippen LogP contribution in [0.1, 0.15) is 18.4 Å². The molecule has 0 unspecified atom stereocenters. The Kier molecular flexibility index (Phi) is 3.25. The number of nitrogens with one attached hydrogen (secondary N) is 1. The van der Waals surface area contributed by atoms with Gasteiger partial charge in [0, 0.05) is 12.5 Å². The van der Waals surface area contributed by atoms with E-state index in [1.165, 1.54) is 0 Å². The number of aromatic hydroxyl groups is 1. The van der Waals surface area contributed by atoms with Gasteiger partial charge in [-0.25, -0.2) is 0 Å². The number of amides is 1. The van der Waals surface area contributed by atoms with E-state index < -0.39 is 0 Å². The lowest BCUT2D eigenvalue weighted by atomic mass is 10.1. The van der Waals surface area contributed by atoms with Gasteiger partial charge in [0.25, 0.3) is 0 Å². The first-order chi connectivity index (χ1) is 7.75.